The second kappa shape index (κ2) is 5.49. The van der Waals surface area contributed by atoms with Crippen molar-refractivity contribution >= 4 is 0 Å². The molecule has 20 heavy (non-hydrogen) atoms. The fourth-order valence-electron chi connectivity index (χ4n) is 2.72. The van der Waals surface area contributed by atoms with E-state index in [0.29, 0.717) is 0 Å². The van der Waals surface area contributed by atoms with Gasteiger partial charge in [0.15, 0.2) is 0 Å². The molecular weight excluding hydrogens is 252 g/mol. The summed E-state index contributed by atoms with van der Waals surface area (Å²) in [6.45, 7) is 2.80. The second-order valence-electron chi connectivity index (χ2n) is 5.05. The third-order valence-electron chi connectivity index (χ3n) is 3.64. The second-order valence-corrected chi connectivity index (χ2v) is 5.05. The molecule has 0 fully saturated rings. The lowest BCUT2D eigenvalue weighted by Crippen LogP contribution is -2.16. The molecule has 4 heteroatoms. The lowest BCUT2D eigenvalue weighted by Gasteiger charge is -2.20. The fraction of sp³-hybridized carbons (Fsp3) is 0.375. The van der Waals surface area contributed by atoms with Gasteiger partial charge in [-0.05, 0) is 30.9 Å². The van der Waals surface area contributed by atoms with Crippen LogP contribution in [0.2, 0.25) is 0 Å². The van der Waals surface area contributed by atoms with Gasteiger partial charge in [-0.25, -0.2) is 4.98 Å². The molecule has 1 N–H and O–H groups in total. The molecule has 0 bridgehead atoms. The van der Waals surface area contributed by atoms with Crippen LogP contribution < -0.4 is 10.3 Å². The zero-order chi connectivity index (χ0) is 13.9. The van der Waals surface area contributed by atoms with E-state index in [1.807, 2.05) is 12.1 Å². The Morgan fingerprint density at radius 1 is 1.40 bits per heavy atom. The van der Waals surface area contributed by atoms with E-state index >= 15 is 0 Å². The van der Waals surface area contributed by atoms with Gasteiger partial charge in [-0.15, -0.1) is 0 Å². The maximum absolute atomic E-state index is 12.0. The first-order valence-electron chi connectivity index (χ1n) is 7.13. The van der Waals surface area contributed by atoms with E-state index in [4.69, 9.17) is 4.74 Å². The molecule has 0 saturated carbocycles. The van der Waals surface area contributed by atoms with Crippen LogP contribution in [0.5, 0.6) is 5.75 Å². The predicted molar refractivity (Wildman–Crippen MR) is 78.1 cm³/mol. The Balaban J connectivity index is 2.19. The Hall–Kier alpha value is -2.10. The van der Waals surface area contributed by atoms with Gasteiger partial charge in [-0.2, -0.15) is 0 Å². The minimum Gasteiger partial charge on any atom is -0.493 e. The minimum atomic E-state index is -0.0507. The Morgan fingerprint density at radius 3 is 3.15 bits per heavy atom. The molecule has 0 spiro atoms. The van der Waals surface area contributed by atoms with Crippen LogP contribution in [0.3, 0.4) is 0 Å². The number of ether oxygens (including phenoxy) is 1. The fourth-order valence-corrected chi connectivity index (χ4v) is 2.72. The molecule has 1 aromatic heterocycles. The highest BCUT2D eigenvalue weighted by Crippen LogP contribution is 2.36. The largest absolute Gasteiger partial charge is 0.493 e. The van der Waals surface area contributed by atoms with Crippen LogP contribution in [0, 0.1) is 0 Å². The lowest BCUT2D eigenvalue weighted by atomic mass is 9.97. The summed E-state index contributed by atoms with van der Waals surface area (Å²) in [5, 5.41) is 0. The van der Waals surface area contributed by atoms with Gasteiger partial charge in [-0.1, -0.05) is 25.5 Å². The molecule has 104 valence electrons. The monoisotopic (exact) mass is 270 g/mol. The number of hydrogen-bond donors (Lipinski definition) is 1. The lowest BCUT2D eigenvalue weighted by molar-refractivity contribution is 0.289. The van der Waals surface area contributed by atoms with Gasteiger partial charge in [0, 0.05) is 11.1 Å². The van der Waals surface area contributed by atoms with Crippen LogP contribution in [0.1, 0.15) is 30.9 Å². The summed E-state index contributed by atoms with van der Waals surface area (Å²) in [5.41, 5.74) is 3.60. The number of benzene rings is 1. The Labute approximate surface area is 117 Å². The molecule has 0 aliphatic carbocycles. The Bertz CT molecular complexity index is 676. The number of fused-ring (bicyclic) bond motifs is 1. The molecule has 1 aliphatic rings. The van der Waals surface area contributed by atoms with Crippen molar-refractivity contribution in [2.24, 2.45) is 0 Å². The van der Waals surface area contributed by atoms with E-state index in [1.54, 1.807) is 0 Å². The van der Waals surface area contributed by atoms with Gasteiger partial charge < -0.3 is 9.72 Å². The number of nitrogens with one attached hydrogen (secondary N) is 1. The smallest absolute Gasteiger partial charge is 0.254 e. The van der Waals surface area contributed by atoms with Gasteiger partial charge in [-0.3, -0.25) is 4.79 Å². The molecule has 3 rings (SSSR count). The summed E-state index contributed by atoms with van der Waals surface area (Å²) in [4.78, 5) is 19.1. The van der Waals surface area contributed by atoms with Crippen LogP contribution in [0.25, 0.3) is 11.3 Å². The van der Waals surface area contributed by atoms with E-state index in [-0.39, 0.29) is 5.56 Å². The molecule has 0 radical (unpaired) electrons. The standard InChI is InChI=1S/C16H18N2O2/c1-2-5-13-14(17-10-18-16(13)19)12-8-3-6-11-7-4-9-20-15(11)12/h3,6,8,10H,2,4-5,7,9H2,1H3,(H,17,18,19). The van der Waals surface area contributed by atoms with Crippen LogP contribution in [0.15, 0.2) is 29.3 Å². The number of aromatic amines is 1. The topological polar surface area (TPSA) is 55.0 Å². The molecule has 1 aromatic carbocycles. The van der Waals surface area contributed by atoms with Gasteiger partial charge in [0.2, 0.25) is 0 Å². The minimum absolute atomic E-state index is 0.0507. The number of hydrogen-bond acceptors (Lipinski definition) is 3. The SMILES string of the molecule is CCCc1c(-c2cccc3c2OCCC3)nc[nH]c1=O. The van der Waals surface area contributed by atoms with Crippen LogP contribution in [-0.4, -0.2) is 16.6 Å². The van der Waals surface area contributed by atoms with E-state index in [0.717, 1.165) is 54.9 Å². The summed E-state index contributed by atoms with van der Waals surface area (Å²) in [6.07, 6.45) is 5.18. The summed E-state index contributed by atoms with van der Waals surface area (Å²) < 4.78 is 5.83. The summed E-state index contributed by atoms with van der Waals surface area (Å²) >= 11 is 0. The molecule has 0 atom stereocenters. The maximum atomic E-state index is 12.0. The first kappa shape index (κ1) is 12.9. The highest BCUT2D eigenvalue weighted by molar-refractivity contribution is 5.71. The Kier molecular flexibility index (Phi) is 3.54. The summed E-state index contributed by atoms with van der Waals surface area (Å²) in [5.74, 6) is 0.897. The first-order chi connectivity index (χ1) is 9.81. The zero-order valence-corrected chi connectivity index (χ0v) is 11.6. The van der Waals surface area contributed by atoms with Crippen molar-refractivity contribution in [3.8, 4) is 17.0 Å². The number of para-hydroxylation sites is 1. The number of H-pyrrole nitrogens is 1. The average molecular weight is 270 g/mol. The van der Waals surface area contributed by atoms with Gasteiger partial charge in [0.1, 0.15) is 5.75 Å². The number of rotatable bonds is 3. The van der Waals surface area contributed by atoms with Gasteiger partial charge in [0.25, 0.3) is 5.56 Å². The highest BCUT2D eigenvalue weighted by atomic mass is 16.5. The first-order valence-corrected chi connectivity index (χ1v) is 7.13. The van der Waals surface area contributed by atoms with E-state index in [2.05, 4.69) is 23.0 Å². The predicted octanol–water partition coefficient (Wildman–Crippen LogP) is 2.71. The number of aromatic nitrogens is 2. The van der Waals surface area contributed by atoms with Crippen molar-refractivity contribution in [1.82, 2.24) is 9.97 Å². The van der Waals surface area contributed by atoms with Crippen LogP contribution in [-0.2, 0) is 12.8 Å². The molecule has 0 saturated heterocycles. The van der Waals surface area contributed by atoms with Gasteiger partial charge >= 0.3 is 0 Å². The number of nitrogens with zero attached hydrogens (tertiary/aromatic N) is 1. The van der Waals surface area contributed by atoms with Crippen molar-refractivity contribution in [1.29, 1.82) is 0 Å². The van der Waals surface area contributed by atoms with E-state index in [1.165, 1.54) is 11.9 Å². The highest BCUT2D eigenvalue weighted by Gasteiger charge is 2.19. The maximum Gasteiger partial charge on any atom is 0.254 e. The van der Waals surface area contributed by atoms with Gasteiger partial charge in [0.05, 0.1) is 18.6 Å². The quantitative estimate of drug-likeness (QED) is 0.933. The van der Waals surface area contributed by atoms with Crippen molar-refractivity contribution in [3.05, 3.63) is 46.0 Å². The van der Waals surface area contributed by atoms with E-state index in [9.17, 15) is 4.79 Å². The molecule has 0 amide bonds. The van der Waals surface area contributed by atoms with Crippen LogP contribution in [0.4, 0.5) is 0 Å². The molecule has 4 nitrogen and oxygen atoms in total. The molecule has 2 aromatic rings. The normalized spacial score (nSPS) is 13.7. The summed E-state index contributed by atoms with van der Waals surface area (Å²) in [7, 11) is 0. The Morgan fingerprint density at radius 2 is 2.30 bits per heavy atom. The van der Waals surface area contributed by atoms with Crippen molar-refractivity contribution in [2.45, 2.75) is 32.6 Å². The van der Waals surface area contributed by atoms with Crippen molar-refractivity contribution in [2.75, 3.05) is 6.61 Å². The van der Waals surface area contributed by atoms with Crippen molar-refractivity contribution in [3.63, 3.8) is 0 Å². The average Bonchev–Trinajstić information content (AvgIpc) is 2.49. The molecule has 2 heterocycles. The molecular formula is C16H18N2O2. The number of aryl methyl sites for hydroxylation is 1. The third kappa shape index (κ3) is 2.22. The zero-order valence-electron chi connectivity index (χ0n) is 11.6. The van der Waals surface area contributed by atoms with E-state index < -0.39 is 0 Å². The third-order valence-corrected chi connectivity index (χ3v) is 3.64. The van der Waals surface area contributed by atoms with Crippen molar-refractivity contribution < 1.29 is 4.74 Å². The molecule has 1 aliphatic heterocycles. The summed E-state index contributed by atoms with van der Waals surface area (Å²) in [6, 6.07) is 6.09. The molecule has 0 unspecified atom stereocenters. The van der Waals surface area contributed by atoms with Crippen LogP contribution >= 0.6 is 0 Å².